The van der Waals surface area contributed by atoms with Crippen LogP contribution in [0, 0.1) is 5.92 Å². The zero-order valence-electron chi connectivity index (χ0n) is 15.7. The minimum Gasteiger partial charge on any atom is -0.497 e. The van der Waals surface area contributed by atoms with Gasteiger partial charge in [0.05, 0.1) is 25.8 Å². The summed E-state index contributed by atoms with van der Waals surface area (Å²) < 4.78 is 10.6. The van der Waals surface area contributed by atoms with Crippen LogP contribution in [0.5, 0.6) is 11.5 Å². The number of hydrogen-bond donors (Lipinski definition) is 1. The van der Waals surface area contributed by atoms with Crippen LogP contribution in [-0.2, 0) is 13.0 Å². The van der Waals surface area contributed by atoms with Crippen LogP contribution in [0.3, 0.4) is 0 Å². The molecule has 7 heteroatoms. The van der Waals surface area contributed by atoms with E-state index in [9.17, 15) is 9.90 Å². The summed E-state index contributed by atoms with van der Waals surface area (Å²) >= 11 is 1.50. The van der Waals surface area contributed by atoms with E-state index in [1.54, 1.807) is 36.6 Å². The third kappa shape index (κ3) is 5.19. The van der Waals surface area contributed by atoms with Gasteiger partial charge in [0, 0.05) is 30.5 Å². The largest absolute Gasteiger partial charge is 0.497 e. The highest BCUT2D eigenvalue weighted by molar-refractivity contribution is 7.09. The fraction of sp³-hybridized carbons (Fsp3) is 0.474. The van der Waals surface area contributed by atoms with Crippen molar-refractivity contribution in [1.82, 2.24) is 9.88 Å². The van der Waals surface area contributed by atoms with E-state index in [1.807, 2.05) is 6.07 Å². The van der Waals surface area contributed by atoms with E-state index < -0.39 is 0 Å². The SMILES string of the molecule is COc1ccc(OC)c(CN(CCO)C(=O)c2csc(CC(C)C)n2)c1. The van der Waals surface area contributed by atoms with Gasteiger partial charge in [0.15, 0.2) is 0 Å². The molecular weight excluding hydrogens is 352 g/mol. The molecule has 1 aromatic heterocycles. The minimum absolute atomic E-state index is 0.124. The van der Waals surface area contributed by atoms with Crippen LogP contribution < -0.4 is 9.47 Å². The number of rotatable bonds is 9. The van der Waals surface area contributed by atoms with Crippen molar-refractivity contribution < 1.29 is 19.4 Å². The third-order valence-corrected chi connectivity index (χ3v) is 4.73. The van der Waals surface area contributed by atoms with E-state index in [2.05, 4.69) is 18.8 Å². The Morgan fingerprint density at radius 1 is 1.31 bits per heavy atom. The lowest BCUT2D eigenvalue weighted by atomic mass is 10.1. The number of aliphatic hydroxyl groups excluding tert-OH is 1. The van der Waals surface area contributed by atoms with Crippen molar-refractivity contribution in [1.29, 1.82) is 0 Å². The first-order valence-corrected chi connectivity index (χ1v) is 9.41. The van der Waals surface area contributed by atoms with Gasteiger partial charge in [-0.2, -0.15) is 0 Å². The van der Waals surface area contributed by atoms with Crippen LogP contribution >= 0.6 is 11.3 Å². The molecule has 2 rings (SSSR count). The molecule has 142 valence electrons. The lowest BCUT2D eigenvalue weighted by Crippen LogP contribution is -2.33. The van der Waals surface area contributed by atoms with Crippen LogP contribution in [0.2, 0.25) is 0 Å². The molecule has 1 amide bonds. The number of aromatic nitrogens is 1. The van der Waals surface area contributed by atoms with Gasteiger partial charge < -0.3 is 19.5 Å². The maximum Gasteiger partial charge on any atom is 0.273 e. The number of carbonyl (C=O) groups is 1. The molecule has 0 spiro atoms. The summed E-state index contributed by atoms with van der Waals surface area (Å²) in [4.78, 5) is 18.9. The van der Waals surface area contributed by atoms with Crippen LogP contribution in [0.4, 0.5) is 0 Å². The Morgan fingerprint density at radius 3 is 2.69 bits per heavy atom. The van der Waals surface area contributed by atoms with Gasteiger partial charge in [0.2, 0.25) is 0 Å². The summed E-state index contributed by atoms with van der Waals surface area (Å²) in [5, 5.41) is 12.1. The quantitative estimate of drug-likeness (QED) is 0.726. The average Bonchev–Trinajstić information content (AvgIpc) is 3.08. The van der Waals surface area contributed by atoms with E-state index in [0.29, 0.717) is 29.7 Å². The zero-order valence-corrected chi connectivity index (χ0v) is 16.5. The van der Waals surface area contributed by atoms with Crippen LogP contribution in [0.1, 0.15) is 34.9 Å². The number of nitrogens with zero attached hydrogens (tertiary/aromatic N) is 2. The van der Waals surface area contributed by atoms with E-state index in [1.165, 1.54) is 11.3 Å². The summed E-state index contributed by atoms with van der Waals surface area (Å²) in [5.41, 5.74) is 1.23. The molecule has 0 unspecified atom stereocenters. The molecule has 0 saturated heterocycles. The number of carbonyl (C=O) groups excluding carboxylic acids is 1. The molecule has 6 nitrogen and oxygen atoms in total. The Labute approximate surface area is 158 Å². The number of aliphatic hydroxyl groups is 1. The fourth-order valence-electron chi connectivity index (χ4n) is 2.60. The summed E-state index contributed by atoms with van der Waals surface area (Å²) in [6, 6.07) is 5.44. The second-order valence-corrected chi connectivity index (χ2v) is 7.30. The number of amides is 1. The van der Waals surface area contributed by atoms with Gasteiger partial charge in [-0.05, 0) is 24.1 Å². The van der Waals surface area contributed by atoms with Crippen molar-refractivity contribution in [3.05, 3.63) is 39.8 Å². The molecular formula is C19H26N2O4S. The first-order valence-electron chi connectivity index (χ1n) is 8.53. The van der Waals surface area contributed by atoms with Crippen LogP contribution in [0.25, 0.3) is 0 Å². The highest BCUT2D eigenvalue weighted by atomic mass is 32.1. The number of methoxy groups -OCH3 is 2. The molecule has 0 bridgehead atoms. The van der Waals surface area contributed by atoms with Crippen molar-refractivity contribution in [3.8, 4) is 11.5 Å². The van der Waals surface area contributed by atoms with Crippen LogP contribution in [-0.4, -0.2) is 48.3 Å². The van der Waals surface area contributed by atoms with Gasteiger partial charge in [-0.3, -0.25) is 4.79 Å². The molecule has 1 aromatic carbocycles. The Bertz CT molecular complexity index is 730. The Balaban J connectivity index is 2.23. The lowest BCUT2D eigenvalue weighted by Gasteiger charge is -2.22. The van der Waals surface area contributed by atoms with E-state index in [4.69, 9.17) is 9.47 Å². The molecule has 0 fully saturated rings. The predicted octanol–water partition coefficient (Wildman–Crippen LogP) is 2.99. The molecule has 0 saturated carbocycles. The first-order chi connectivity index (χ1) is 12.5. The highest BCUT2D eigenvalue weighted by Crippen LogP contribution is 2.26. The van der Waals surface area contributed by atoms with E-state index in [-0.39, 0.29) is 19.1 Å². The van der Waals surface area contributed by atoms with E-state index in [0.717, 1.165) is 17.0 Å². The van der Waals surface area contributed by atoms with Crippen molar-refractivity contribution in [2.75, 3.05) is 27.4 Å². The standard InChI is InChI=1S/C19H26N2O4S/c1-13(2)9-18-20-16(12-26-18)19(23)21(7-8-22)11-14-10-15(24-3)5-6-17(14)25-4/h5-6,10,12-13,22H,7-9,11H2,1-4H3. The summed E-state index contributed by atoms with van der Waals surface area (Å²) in [7, 11) is 3.18. The molecule has 0 atom stereocenters. The minimum atomic E-state index is -0.199. The molecule has 1 N–H and O–H groups in total. The fourth-order valence-corrected chi connectivity index (χ4v) is 3.58. The van der Waals surface area contributed by atoms with E-state index >= 15 is 0 Å². The normalized spacial score (nSPS) is 10.8. The highest BCUT2D eigenvalue weighted by Gasteiger charge is 2.20. The second-order valence-electron chi connectivity index (χ2n) is 6.35. The molecule has 0 aliphatic carbocycles. The topological polar surface area (TPSA) is 71.9 Å². The zero-order chi connectivity index (χ0) is 19.1. The molecule has 1 heterocycles. The third-order valence-electron chi connectivity index (χ3n) is 3.86. The smallest absolute Gasteiger partial charge is 0.273 e. The van der Waals surface area contributed by atoms with Gasteiger partial charge in [-0.15, -0.1) is 11.3 Å². The number of hydrogen-bond acceptors (Lipinski definition) is 6. The Hall–Kier alpha value is -2.12. The van der Waals surface area contributed by atoms with Crippen molar-refractivity contribution in [2.24, 2.45) is 5.92 Å². The average molecular weight is 378 g/mol. The summed E-state index contributed by atoms with van der Waals surface area (Å²) in [5.74, 6) is 1.64. The van der Waals surface area contributed by atoms with Gasteiger partial charge in [-0.25, -0.2) is 4.98 Å². The second kappa shape index (κ2) is 9.54. The molecule has 0 aliphatic heterocycles. The number of benzene rings is 1. The lowest BCUT2D eigenvalue weighted by molar-refractivity contribution is 0.0701. The monoisotopic (exact) mass is 378 g/mol. The number of ether oxygens (including phenoxy) is 2. The molecule has 26 heavy (non-hydrogen) atoms. The maximum absolute atomic E-state index is 12.9. The molecule has 2 aromatic rings. The summed E-state index contributed by atoms with van der Waals surface area (Å²) in [6.07, 6.45) is 0.849. The van der Waals surface area contributed by atoms with Gasteiger partial charge >= 0.3 is 0 Å². The van der Waals surface area contributed by atoms with Crippen molar-refractivity contribution in [3.63, 3.8) is 0 Å². The van der Waals surface area contributed by atoms with Crippen molar-refractivity contribution in [2.45, 2.75) is 26.8 Å². The Morgan fingerprint density at radius 2 is 2.08 bits per heavy atom. The summed E-state index contributed by atoms with van der Waals surface area (Å²) in [6.45, 7) is 4.64. The molecule has 0 radical (unpaired) electrons. The Kier molecular flexibility index (Phi) is 7.41. The predicted molar refractivity (Wildman–Crippen MR) is 102 cm³/mol. The van der Waals surface area contributed by atoms with Crippen LogP contribution in [0.15, 0.2) is 23.6 Å². The van der Waals surface area contributed by atoms with Gasteiger partial charge in [0.25, 0.3) is 5.91 Å². The van der Waals surface area contributed by atoms with Gasteiger partial charge in [-0.1, -0.05) is 13.8 Å². The van der Waals surface area contributed by atoms with Crippen molar-refractivity contribution >= 4 is 17.2 Å². The maximum atomic E-state index is 12.9. The first kappa shape index (κ1) is 20.2. The molecule has 0 aliphatic rings. The number of thiazole rings is 1. The van der Waals surface area contributed by atoms with Gasteiger partial charge in [0.1, 0.15) is 17.2 Å².